The second-order valence-corrected chi connectivity index (χ2v) is 6.37. The highest BCUT2D eigenvalue weighted by molar-refractivity contribution is 5.97. The maximum absolute atomic E-state index is 12.2. The Morgan fingerprint density at radius 3 is 2.58 bits per heavy atom. The minimum absolute atomic E-state index is 0.0203. The summed E-state index contributed by atoms with van der Waals surface area (Å²) in [5.41, 5.74) is 3.91. The molecule has 9 nitrogen and oxygen atoms in total. The monoisotopic (exact) mass is 421 g/mol. The van der Waals surface area contributed by atoms with E-state index in [1.165, 1.54) is 37.6 Å². The normalized spacial score (nSPS) is 10.6. The molecule has 3 aromatic carbocycles. The number of carbonyl (C=O) groups is 1. The summed E-state index contributed by atoms with van der Waals surface area (Å²) in [6.45, 7) is 0.242. The highest BCUT2D eigenvalue weighted by Gasteiger charge is 2.11. The molecule has 0 saturated heterocycles. The largest absolute Gasteiger partial charge is 0.507 e. The molecule has 3 rings (SSSR count). The molecule has 0 bridgehead atoms. The summed E-state index contributed by atoms with van der Waals surface area (Å²) in [7, 11) is 1.46. The third kappa shape index (κ3) is 5.80. The van der Waals surface area contributed by atoms with E-state index in [0.717, 1.165) is 5.56 Å². The SMILES string of the molecule is COc1ccc(C(=O)N/N=C\c2cccc(OCc3ccc([N+](=O)[O-])cc3)c2)c(O)c1. The molecular formula is C22H19N3O6. The topological polar surface area (TPSA) is 123 Å². The molecule has 3 aromatic rings. The molecule has 0 aromatic heterocycles. The number of non-ortho nitro benzene ring substituents is 1. The van der Waals surface area contributed by atoms with Crippen LogP contribution >= 0.6 is 0 Å². The van der Waals surface area contributed by atoms with E-state index >= 15 is 0 Å². The molecule has 158 valence electrons. The Morgan fingerprint density at radius 2 is 1.90 bits per heavy atom. The first-order chi connectivity index (χ1) is 15.0. The quantitative estimate of drug-likeness (QED) is 0.325. The van der Waals surface area contributed by atoms with Crippen molar-refractivity contribution in [3.63, 3.8) is 0 Å². The zero-order valence-corrected chi connectivity index (χ0v) is 16.5. The lowest BCUT2D eigenvalue weighted by atomic mass is 10.2. The van der Waals surface area contributed by atoms with E-state index in [2.05, 4.69) is 10.5 Å². The molecule has 0 radical (unpaired) electrons. The van der Waals surface area contributed by atoms with Gasteiger partial charge in [-0.15, -0.1) is 0 Å². The average molecular weight is 421 g/mol. The van der Waals surface area contributed by atoms with E-state index in [0.29, 0.717) is 17.1 Å². The van der Waals surface area contributed by atoms with Crippen LogP contribution in [0.4, 0.5) is 5.69 Å². The van der Waals surface area contributed by atoms with Crippen LogP contribution in [0.25, 0.3) is 0 Å². The number of nitro groups is 1. The van der Waals surface area contributed by atoms with Crippen molar-refractivity contribution in [2.24, 2.45) is 5.10 Å². The lowest BCUT2D eigenvalue weighted by molar-refractivity contribution is -0.384. The van der Waals surface area contributed by atoms with E-state index in [4.69, 9.17) is 9.47 Å². The Bertz CT molecular complexity index is 1110. The van der Waals surface area contributed by atoms with Crippen molar-refractivity contribution in [3.8, 4) is 17.2 Å². The molecule has 0 spiro atoms. The van der Waals surface area contributed by atoms with Gasteiger partial charge in [0.2, 0.25) is 0 Å². The predicted molar refractivity (Wildman–Crippen MR) is 114 cm³/mol. The van der Waals surface area contributed by atoms with Gasteiger partial charge in [0, 0.05) is 18.2 Å². The van der Waals surface area contributed by atoms with Gasteiger partial charge in [0.1, 0.15) is 23.9 Å². The third-order valence-electron chi connectivity index (χ3n) is 4.24. The molecule has 0 atom stereocenters. The van der Waals surface area contributed by atoms with Crippen molar-refractivity contribution in [1.82, 2.24) is 5.43 Å². The van der Waals surface area contributed by atoms with Crippen LogP contribution in [-0.2, 0) is 6.61 Å². The van der Waals surface area contributed by atoms with Crippen LogP contribution in [-0.4, -0.2) is 29.3 Å². The van der Waals surface area contributed by atoms with E-state index in [1.54, 1.807) is 42.5 Å². The van der Waals surface area contributed by atoms with Crippen molar-refractivity contribution in [2.45, 2.75) is 6.61 Å². The van der Waals surface area contributed by atoms with Crippen LogP contribution in [0.3, 0.4) is 0 Å². The zero-order valence-electron chi connectivity index (χ0n) is 16.5. The number of nitro benzene ring substituents is 1. The predicted octanol–water partition coefficient (Wildman–Crippen LogP) is 3.65. The van der Waals surface area contributed by atoms with Crippen LogP contribution in [0.15, 0.2) is 71.8 Å². The molecule has 0 fully saturated rings. The molecule has 0 heterocycles. The van der Waals surface area contributed by atoms with Crippen molar-refractivity contribution in [2.75, 3.05) is 7.11 Å². The Balaban J connectivity index is 1.57. The van der Waals surface area contributed by atoms with E-state index in [9.17, 15) is 20.0 Å². The lowest BCUT2D eigenvalue weighted by Gasteiger charge is -2.07. The van der Waals surface area contributed by atoms with Crippen molar-refractivity contribution in [1.29, 1.82) is 0 Å². The average Bonchev–Trinajstić information content (AvgIpc) is 2.78. The van der Waals surface area contributed by atoms with E-state index in [1.807, 2.05) is 0 Å². The summed E-state index contributed by atoms with van der Waals surface area (Å²) in [4.78, 5) is 22.4. The summed E-state index contributed by atoms with van der Waals surface area (Å²) >= 11 is 0. The van der Waals surface area contributed by atoms with Gasteiger partial charge in [-0.25, -0.2) is 5.43 Å². The first kappa shape index (κ1) is 21.3. The van der Waals surface area contributed by atoms with Crippen molar-refractivity contribution < 1.29 is 24.3 Å². The Morgan fingerprint density at radius 1 is 1.13 bits per heavy atom. The maximum Gasteiger partial charge on any atom is 0.275 e. The Kier molecular flexibility index (Phi) is 6.79. The number of phenolic OH excluding ortho intramolecular Hbond substituents is 1. The number of amides is 1. The van der Waals surface area contributed by atoms with Gasteiger partial charge in [-0.3, -0.25) is 14.9 Å². The lowest BCUT2D eigenvalue weighted by Crippen LogP contribution is -2.17. The van der Waals surface area contributed by atoms with Gasteiger partial charge in [-0.05, 0) is 47.5 Å². The smallest absolute Gasteiger partial charge is 0.275 e. The van der Waals surface area contributed by atoms with Crippen LogP contribution in [0.1, 0.15) is 21.5 Å². The first-order valence-corrected chi connectivity index (χ1v) is 9.13. The number of methoxy groups -OCH3 is 1. The number of nitrogens with zero attached hydrogens (tertiary/aromatic N) is 2. The minimum Gasteiger partial charge on any atom is -0.507 e. The molecule has 0 aliphatic heterocycles. The van der Waals surface area contributed by atoms with Crippen LogP contribution < -0.4 is 14.9 Å². The number of aromatic hydroxyl groups is 1. The Hall–Kier alpha value is -4.40. The molecule has 1 amide bonds. The van der Waals surface area contributed by atoms with Crippen LogP contribution in [0.2, 0.25) is 0 Å². The maximum atomic E-state index is 12.2. The highest BCUT2D eigenvalue weighted by Crippen LogP contribution is 2.23. The van der Waals surface area contributed by atoms with Gasteiger partial charge >= 0.3 is 0 Å². The van der Waals surface area contributed by atoms with Gasteiger partial charge in [0.05, 0.1) is 23.8 Å². The number of hydrogen-bond donors (Lipinski definition) is 2. The first-order valence-electron chi connectivity index (χ1n) is 9.13. The van der Waals surface area contributed by atoms with Gasteiger partial charge in [0.15, 0.2) is 0 Å². The Labute approximate surface area is 177 Å². The van der Waals surface area contributed by atoms with Gasteiger partial charge in [0.25, 0.3) is 11.6 Å². The summed E-state index contributed by atoms with van der Waals surface area (Å²) in [5.74, 6) is 0.222. The standard InChI is InChI=1S/C22H19N3O6/c1-30-18-9-10-20(21(26)12-18)22(27)24-23-13-16-3-2-4-19(11-16)31-14-15-5-7-17(8-6-15)25(28)29/h2-13,26H,14H2,1H3,(H,24,27)/b23-13-. The molecule has 31 heavy (non-hydrogen) atoms. The van der Waals surface area contributed by atoms with Crippen LogP contribution in [0, 0.1) is 10.1 Å². The van der Waals surface area contributed by atoms with Crippen molar-refractivity contribution in [3.05, 3.63) is 93.5 Å². The number of carbonyl (C=O) groups excluding carboxylic acids is 1. The summed E-state index contributed by atoms with van der Waals surface area (Å²) in [6.07, 6.45) is 1.44. The molecule has 9 heteroatoms. The fraction of sp³-hybridized carbons (Fsp3) is 0.0909. The molecule has 0 aliphatic rings. The second-order valence-electron chi connectivity index (χ2n) is 6.37. The number of hydrazone groups is 1. The van der Waals surface area contributed by atoms with Crippen molar-refractivity contribution >= 4 is 17.8 Å². The summed E-state index contributed by atoms with van der Waals surface area (Å²) in [6, 6.07) is 17.5. The fourth-order valence-corrected chi connectivity index (χ4v) is 2.62. The number of benzene rings is 3. The number of phenols is 1. The fourth-order valence-electron chi connectivity index (χ4n) is 2.62. The number of rotatable bonds is 8. The molecule has 0 saturated carbocycles. The van der Waals surface area contributed by atoms with Gasteiger partial charge < -0.3 is 14.6 Å². The van der Waals surface area contributed by atoms with Crippen LogP contribution in [0.5, 0.6) is 17.2 Å². The number of hydrogen-bond acceptors (Lipinski definition) is 7. The zero-order chi connectivity index (χ0) is 22.2. The van der Waals surface area contributed by atoms with E-state index in [-0.39, 0.29) is 23.6 Å². The van der Waals surface area contributed by atoms with Gasteiger partial charge in [-0.1, -0.05) is 12.1 Å². The molecular weight excluding hydrogens is 402 g/mol. The van der Waals surface area contributed by atoms with E-state index < -0.39 is 10.8 Å². The minimum atomic E-state index is -0.568. The summed E-state index contributed by atoms with van der Waals surface area (Å²) < 4.78 is 10.7. The molecule has 0 unspecified atom stereocenters. The summed E-state index contributed by atoms with van der Waals surface area (Å²) in [5, 5.41) is 24.5. The second kappa shape index (κ2) is 9.88. The molecule has 2 N–H and O–H groups in total. The molecule has 0 aliphatic carbocycles. The number of nitrogens with one attached hydrogen (secondary N) is 1. The van der Waals surface area contributed by atoms with Gasteiger partial charge in [-0.2, -0.15) is 5.10 Å². The highest BCUT2D eigenvalue weighted by atomic mass is 16.6. The number of ether oxygens (including phenoxy) is 2. The third-order valence-corrected chi connectivity index (χ3v) is 4.24.